The van der Waals surface area contributed by atoms with Crippen molar-refractivity contribution in [3.05, 3.63) is 59.3 Å². The zero-order valence-electron chi connectivity index (χ0n) is 20.6. The molecular formula is C27H29ClFN5O3. The first-order valence-electron chi connectivity index (χ1n) is 12.4. The summed E-state index contributed by atoms with van der Waals surface area (Å²) in [6.45, 7) is 4.09. The van der Waals surface area contributed by atoms with Crippen LogP contribution in [0.15, 0.2) is 48.4 Å². The molecule has 0 saturated carbocycles. The van der Waals surface area contributed by atoms with Crippen LogP contribution in [-0.4, -0.2) is 72.0 Å². The summed E-state index contributed by atoms with van der Waals surface area (Å²) in [6.07, 6.45) is 7.86. The lowest BCUT2D eigenvalue weighted by Gasteiger charge is -2.39. The SMILES string of the molecule is COc1cc2ncnc(Nc3cccc(Cl)c3F)c2cc1OC1CN(C=C(C=O)CN2CCCCC2)C1. The first-order valence-corrected chi connectivity index (χ1v) is 12.7. The van der Waals surface area contributed by atoms with Crippen molar-refractivity contribution in [1.82, 2.24) is 19.8 Å². The average molecular weight is 526 g/mol. The van der Waals surface area contributed by atoms with Gasteiger partial charge in [0.1, 0.15) is 24.5 Å². The Morgan fingerprint density at radius 3 is 2.76 bits per heavy atom. The van der Waals surface area contributed by atoms with Crippen LogP contribution in [0.4, 0.5) is 15.9 Å². The summed E-state index contributed by atoms with van der Waals surface area (Å²) in [4.78, 5) is 24.7. The summed E-state index contributed by atoms with van der Waals surface area (Å²) in [5.41, 5.74) is 1.61. The maximum Gasteiger partial charge on any atom is 0.165 e. The molecular weight excluding hydrogens is 497 g/mol. The van der Waals surface area contributed by atoms with E-state index in [1.165, 1.54) is 31.7 Å². The molecule has 2 aromatic carbocycles. The Hall–Kier alpha value is -3.43. The number of nitrogens with zero attached hydrogens (tertiary/aromatic N) is 4. The molecule has 37 heavy (non-hydrogen) atoms. The summed E-state index contributed by atoms with van der Waals surface area (Å²) < 4.78 is 26.3. The number of benzene rings is 2. The van der Waals surface area contributed by atoms with E-state index in [0.717, 1.165) is 24.9 Å². The van der Waals surface area contributed by atoms with Crippen LogP contribution < -0.4 is 14.8 Å². The van der Waals surface area contributed by atoms with Crippen LogP contribution in [0.2, 0.25) is 5.02 Å². The number of likely N-dealkylation sites (tertiary alicyclic amines) is 2. The van der Waals surface area contributed by atoms with Gasteiger partial charge < -0.3 is 19.7 Å². The van der Waals surface area contributed by atoms with Crippen LogP contribution in [0.5, 0.6) is 11.5 Å². The van der Waals surface area contributed by atoms with Crippen molar-refractivity contribution in [1.29, 1.82) is 0 Å². The van der Waals surface area contributed by atoms with Gasteiger partial charge in [0.25, 0.3) is 0 Å². The largest absolute Gasteiger partial charge is 0.493 e. The molecule has 1 aromatic heterocycles. The number of fused-ring (bicyclic) bond motifs is 1. The minimum atomic E-state index is -0.557. The Labute approximate surface area is 220 Å². The molecule has 0 bridgehead atoms. The molecule has 2 saturated heterocycles. The number of carbonyl (C=O) groups is 1. The maximum atomic E-state index is 14.5. The van der Waals surface area contributed by atoms with Crippen molar-refractivity contribution < 1.29 is 18.7 Å². The molecule has 5 rings (SSSR count). The second-order valence-corrected chi connectivity index (χ2v) is 9.73. The van der Waals surface area contributed by atoms with Crippen LogP contribution >= 0.6 is 11.6 Å². The Kier molecular flexibility index (Phi) is 7.71. The van der Waals surface area contributed by atoms with Gasteiger partial charge in [0.15, 0.2) is 17.3 Å². The van der Waals surface area contributed by atoms with Crippen LogP contribution in [0.3, 0.4) is 0 Å². The van der Waals surface area contributed by atoms with E-state index in [-0.39, 0.29) is 16.8 Å². The third-order valence-corrected chi connectivity index (χ3v) is 6.94. The predicted octanol–water partition coefficient (Wildman–Crippen LogP) is 4.81. The lowest BCUT2D eigenvalue weighted by molar-refractivity contribution is -0.105. The number of nitrogens with one attached hydrogen (secondary N) is 1. The monoisotopic (exact) mass is 525 g/mol. The van der Waals surface area contributed by atoms with Gasteiger partial charge in [-0.05, 0) is 44.1 Å². The highest BCUT2D eigenvalue weighted by Crippen LogP contribution is 2.36. The van der Waals surface area contributed by atoms with Gasteiger partial charge in [0.2, 0.25) is 0 Å². The molecule has 0 spiro atoms. The number of aromatic nitrogens is 2. The molecule has 0 aliphatic carbocycles. The summed E-state index contributed by atoms with van der Waals surface area (Å²) in [5, 5.41) is 3.68. The number of aldehydes is 1. The van der Waals surface area contributed by atoms with Gasteiger partial charge in [-0.2, -0.15) is 0 Å². The summed E-state index contributed by atoms with van der Waals surface area (Å²) in [7, 11) is 1.57. The molecule has 1 N–H and O–H groups in total. The number of rotatable bonds is 9. The van der Waals surface area contributed by atoms with Crippen LogP contribution in [-0.2, 0) is 4.79 Å². The van der Waals surface area contributed by atoms with Gasteiger partial charge in [-0.25, -0.2) is 14.4 Å². The Morgan fingerprint density at radius 2 is 2.00 bits per heavy atom. The van der Waals surface area contributed by atoms with E-state index in [9.17, 15) is 9.18 Å². The Morgan fingerprint density at radius 1 is 1.19 bits per heavy atom. The normalized spacial score (nSPS) is 16.9. The molecule has 10 heteroatoms. The number of methoxy groups -OCH3 is 1. The zero-order valence-corrected chi connectivity index (χ0v) is 21.4. The number of carbonyl (C=O) groups excluding carboxylic acids is 1. The van der Waals surface area contributed by atoms with Gasteiger partial charge in [-0.15, -0.1) is 0 Å². The molecule has 0 unspecified atom stereocenters. The molecule has 2 aliphatic heterocycles. The fourth-order valence-electron chi connectivity index (χ4n) is 4.69. The average Bonchev–Trinajstić information content (AvgIpc) is 2.89. The molecule has 0 amide bonds. The molecule has 3 heterocycles. The number of halogens is 2. The number of ether oxygens (including phenoxy) is 2. The van der Waals surface area contributed by atoms with Gasteiger partial charge in [0, 0.05) is 29.8 Å². The van der Waals surface area contributed by atoms with Gasteiger partial charge in [-0.3, -0.25) is 9.69 Å². The van der Waals surface area contributed by atoms with E-state index in [4.69, 9.17) is 21.1 Å². The zero-order chi connectivity index (χ0) is 25.8. The topological polar surface area (TPSA) is 79.8 Å². The third kappa shape index (κ3) is 5.78. The molecule has 2 fully saturated rings. The summed E-state index contributed by atoms with van der Waals surface area (Å²) in [6, 6.07) is 8.30. The number of anilines is 2. The smallest absolute Gasteiger partial charge is 0.165 e. The number of hydrogen-bond acceptors (Lipinski definition) is 8. The van der Waals surface area contributed by atoms with Crippen LogP contribution in [0.1, 0.15) is 19.3 Å². The molecule has 8 nitrogen and oxygen atoms in total. The van der Waals surface area contributed by atoms with Crippen LogP contribution in [0, 0.1) is 5.82 Å². The number of piperidine rings is 1. The Balaban J connectivity index is 1.30. The quantitative estimate of drug-likeness (QED) is 0.315. The van der Waals surface area contributed by atoms with Crippen molar-refractivity contribution >= 4 is 40.3 Å². The molecule has 0 atom stereocenters. The molecule has 2 aliphatic rings. The standard InChI is InChI=1S/C27H29ClFN5O3/c1-36-24-11-23-20(27(31-17-30-23)32-22-7-5-6-21(28)26(22)29)10-25(24)37-19-14-34(15-19)13-18(16-35)12-33-8-3-2-4-9-33/h5-7,10-11,13,16-17,19H,2-4,8-9,12,14-15H2,1H3,(H,30,31,32). The summed E-state index contributed by atoms with van der Waals surface area (Å²) >= 11 is 5.93. The first-order chi connectivity index (χ1) is 18.0. The van der Waals surface area contributed by atoms with Crippen LogP contribution in [0.25, 0.3) is 10.9 Å². The van der Waals surface area contributed by atoms with E-state index >= 15 is 0 Å². The van der Waals surface area contributed by atoms with Crippen molar-refractivity contribution in [2.45, 2.75) is 25.4 Å². The summed E-state index contributed by atoms with van der Waals surface area (Å²) in [5.74, 6) is 0.944. The highest BCUT2D eigenvalue weighted by molar-refractivity contribution is 6.31. The van der Waals surface area contributed by atoms with E-state index in [1.807, 2.05) is 6.20 Å². The van der Waals surface area contributed by atoms with Crippen molar-refractivity contribution in [3.8, 4) is 11.5 Å². The van der Waals surface area contributed by atoms with E-state index in [0.29, 0.717) is 47.9 Å². The van der Waals surface area contributed by atoms with E-state index in [2.05, 4.69) is 25.1 Å². The first kappa shape index (κ1) is 25.2. The maximum absolute atomic E-state index is 14.5. The van der Waals surface area contributed by atoms with Gasteiger partial charge >= 0.3 is 0 Å². The van der Waals surface area contributed by atoms with Crippen molar-refractivity contribution in [2.24, 2.45) is 0 Å². The second-order valence-electron chi connectivity index (χ2n) is 9.32. The fourth-order valence-corrected chi connectivity index (χ4v) is 4.87. The van der Waals surface area contributed by atoms with Crippen molar-refractivity contribution in [2.75, 3.05) is 45.2 Å². The number of hydrogen-bond donors (Lipinski definition) is 1. The molecule has 194 valence electrons. The minimum Gasteiger partial charge on any atom is -0.493 e. The second kappa shape index (κ2) is 11.3. The van der Waals surface area contributed by atoms with Crippen molar-refractivity contribution in [3.63, 3.8) is 0 Å². The minimum absolute atomic E-state index is 0.0197. The Bertz CT molecular complexity index is 1310. The fraction of sp³-hybridized carbons (Fsp3) is 0.370. The highest BCUT2D eigenvalue weighted by atomic mass is 35.5. The lowest BCUT2D eigenvalue weighted by Crippen LogP contribution is -2.51. The van der Waals surface area contributed by atoms with Gasteiger partial charge in [-0.1, -0.05) is 24.1 Å². The van der Waals surface area contributed by atoms with Gasteiger partial charge in [0.05, 0.1) is 36.4 Å². The molecule has 3 aromatic rings. The highest BCUT2D eigenvalue weighted by Gasteiger charge is 2.28. The third-order valence-electron chi connectivity index (χ3n) is 6.65. The molecule has 0 radical (unpaired) electrons. The van der Waals surface area contributed by atoms with E-state index < -0.39 is 5.82 Å². The van der Waals surface area contributed by atoms with E-state index in [1.54, 1.807) is 31.4 Å². The lowest BCUT2D eigenvalue weighted by atomic mass is 10.1. The predicted molar refractivity (Wildman–Crippen MR) is 141 cm³/mol.